The fraction of sp³-hybridized carbons (Fsp3) is 0.455. The lowest BCUT2D eigenvalue weighted by Gasteiger charge is -2.09. The van der Waals surface area contributed by atoms with Crippen LogP contribution in [0.5, 0.6) is 0 Å². The largest absolute Gasteiger partial charge is 0.396 e. The van der Waals surface area contributed by atoms with Gasteiger partial charge in [-0.2, -0.15) is 0 Å². The zero-order chi connectivity index (χ0) is 11.3. The highest BCUT2D eigenvalue weighted by molar-refractivity contribution is 6.30. The van der Waals surface area contributed by atoms with Gasteiger partial charge in [-0.15, -0.1) is 0 Å². The molecule has 0 aliphatic carbocycles. The summed E-state index contributed by atoms with van der Waals surface area (Å²) in [5.74, 6) is -0.187. The molecule has 1 aromatic rings. The second-order valence-corrected chi connectivity index (χ2v) is 4.07. The van der Waals surface area contributed by atoms with Crippen LogP contribution in [-0.4, -0.2) is 18.3 Å². The summed E-state index contributed by atoms with van der Waals surface area (Å²) in [6.07, 6.45) is 0. The lowest BCUT2D eigenvalue weighted by Crippen LogP contribution is -2.22. The van der Waals surface area contributed by atoms with E-state index in [0.717, 1.165) is 5.56 Å². The molecular formula is C11H15ClFNO. The highest BCUT2D eigenvalue weighted by Crippen LogP contribution is 2.15. The van der Waals surface area contributed by atoms with Gasteiger partial charge in [0.25, 0.3) is 0 Å². The molecule has 0 heterocycles. The van der Waals surface area contributed by atoms with Gasteiger partial charge in [0, 0.05) is 19.7 Å². The quantitative estimate of drug-likeness (QED) is 0.814. The van der Waals surface area contributed by atoms with Gasteiger partial charge >= 0.3 is 0 Å². The number of aliphatic hydroxyl groups is 1. The van der Waals surface area contributed by atoms with Crippen LogP contribution in [-0.2, 0) is 6.54 Å². The Morgan fingerprint density at radius 3 is 2.87 bits per heavy atom. The fourth-order valence-electron chi connectivity index (χ4n) is 1.18. The van der Waals surface area contributed by atoms with Crippen LogP contribution in [0, 0.1) is 11.7 Å². The first-order valence-electron chi connectivity index (χ1n) is 4.89. The van der Waals surface area contributed by atoms with Gasteiger partial charge in [-0.1, -0.05) is 24.6 Å². The van der Waals surface area contributed by atoms with Crippen LogP contribution in [0.2, 0.25) is 5.02 Å². The van der Waals surface area contributed by atoms with E-state index in [1.165, 1.54) is 6.07 Å². The highest BCUT2D eigenvalue weighted by atomic mass is 35.5. The summed E-state index contributed by atoms with van der Waals surface area (Å²) >= 11 is 5.56. The van der Waals surface area contributed by atoms with Gasteiger partial charge in [0.15, 0.2) is 0 Å². The Kier molecular flexibility index (Phi) is 5.02. The first-order chi connectivity index (χ1) is 7.13. The highest BCUT2D eigenvalue weighted by Gasteiger charge is 2.02. The SMILES string of the molecule is CC(CO)CNCc1ccc(Cl)c(F)c1. The molecule has 0 spiro atoms. The zero-order valence-corrected chi connectivity index (χ0v) is 9.39. The molecule has 1 unspecified atom stereocenters. The average molecular weight is 232 g/mol. The van der Waals surface area contributed by atoms with Crippen molar-refractivity contribution < 1.29 is 9.50 Å². The molecule has 0 saturated carbocycles. The minimum atomic E-state index is -0.397. The molecule has 0 bridgehead atoms. The normalized spacial score (nSPS) is 12.8. The maximum atomic E-state index is 13.0. The van der Waals surface area contributed by atoms with E-state index < -0.39 is 5.82 Å². The van der Waals surface area contributed by atoms with Crippen molar-refractivity contribution in [3.63, 3.8) is 0 Å². The van der Waals surface area contributed by atoms with Gasteiger partial charge in [0.05, 0.1) is 5.02 Å². The van der Waals surface area contributed by atoms with Crippen molar-refractivity contribution in [2.75, 3.05) is 13.2 Å². The zero-order valence-electron chi connectivity index (χ0n) is 8.63. The number of hydrogen-bond donors (Lipinski definition) is 2. The van der Waals surface area contributed by atoms with E-state index in [2.05, 4.69) is 5.32 Å². The van der Waals surface area contributed by atoms with Crippen molar-refractivity contribution in [1.29, 1.82) is 0 Å². The van der Waals surface area contributed by atoms with Crippen LogP contribution < -0.4 is 5.32 Å². The summed E-state index contributed by atoms with van der Waals surface area (Å²) < 4.78 is 13.0. The molecule has 0 aliphatic rings. The van der Waals surface area contributed by atoms with Crippen LogP contribution in [0.25, 0.3) is 0 Å². The van der Waals surface area contributed by atoms with E-state index >= 15 is 0 Å². The Bertz CT molecular complexity index is 319. The number of hydrogen-bond acceptors (Lipinski definition) is 2. The molecule has 1 atom stereocenters. The number of halogens is 2. The van der Waals surface area contributed by atoms with Crippen LogP contribution in [0.4, 0.5) is 4.39 Å². The summed E-state index contributed by atoms with van der Waals surface area (Å²) in [6, 6.07) is 4.74. The topological polar surface area (TPSA) is 32.3 Å². The molecule has 4 heteroatoms. The standard InChI is InChI=1S/C11H15ClFNO/c1-8(7-15)5-14-6-9-2-3-10(12)11(13)4-9/h2-4,8,14-15H,5-7H2,1H3. The van der Waals surface area contributed by atoms with Crippen molar-refractivity contribution in [2.45, 2.75) is 13.5 Å². The molecule has 2 N–H and O–H groups in total. The van der Waals surface area contributed by atoms with Crippen LogP contribution in [0.3, 0.4) is 0 Å². The van der Waals surface area contributed by atoms with Crippen LogP contribution >= 0.6 is 11.6 Å². The van der Waals surface area contributed by atoms with E-state index in [4.69, 9.17) is 16.7 Å². The molecular weight excluding hydrogens is 217 g/mol. The third-order valence-corrected chi connectivity index (χ3v) is 2.42. The molecule has 0 radical (unpaired) electrons. The molecule has 0 aliphatic heterocycles. The number of benzene rings is 1. The Morgan fingerprint density at radius 1 is 1.53 bits per heavy atom. The number of aliphatic hydroxyl groups excluding tert-OH is 1. The molecule has 2 nitrogen and oxygen atoms in total. The molecule has 0 aromatic heterocycles. The van der Waals surface area contributed by atoms with Crippen LogP contribution in [0.15, 0.2) is 18.2 Å². The lowest BCUT2D eigenvalue weighted by atomic mass is 10.2. The Labute approximate surface area is 94.1 Å². The molecule has 1 aromatic carbocycles. The second kappa shape index (κ2) is 6.05. The maximum Gasteiger partial charge on any atom is 0.142 e. The van der Waals surface area contributed by atoms with Gasteiger partial charge in [0.2, 0.25) is 0 Å². The Balaban J connectivity index is 2.41. The van der Waals surface area contributed by atoms with Crippen molar-refractivity contribution in [3.8, 4) is 0 Å². The maximum absolute atomic E-state index is 13.0. The number of nitrogens with one attached hydrogen (secondary N) is 1. The van der Waals surface area contributed by atoms with E-state index in [0.29, 0.717) is 13.1 Å². The van der Waals surface area contributed by atoms with Gasteiger partial charge in [-0.25, -0.2) is 4.39 Å². The van der Waals surface area contributed by atoms with E-state index in [9.17, 15) is 4.39 Å². The van der Waals surface area contributed by atoms with Crippen molar-refractivity contribution in [3.05, 3.63) is 34.6 Å². The van der Waals surface area contributed by atoms with Crippen LogP contribution in [0.1, 0.15) is 12.5 Å². The van der Waals surface area contributed by atoms with Gasteiger partial charge < -0.3 is 10.4 Å². The minimum absolute atomic E-state index is 0.141. The summed E-state index contributed by atoms with van der Waals surface area (Å²) in [7, 11) is 0. The van der Waals surface area contributed by atoms with Gasteiger partial charge in [-0.3, -0.25) is 0 Å². The van der Waals surface area contributed by atoms with E-state index in [1.54, 1.807) is 12.1 Å². The third kappa shape index (κ3) is 4.16. The smallest absolute Gasteiger partial charge is 0.142 e. The van der Waals surface area contributed by atoms with Gasteiger partial charge in [0.1, 0.15) is 5.82 Å². The number of rotatable bonds is 5. The summed E-state index contributed by atoms with van der Waals surface area (Å²) in [5, 5.41) is 12.1. The van der Waals surface area contributed by atoms with Crippen molar-refractivity contribution in [2.24, 2.45) is 5.92 Å². The molecule has 1 rings (SSSR count). The monoisotopic (exact) mass is 231 g/mol. The van der Waals surface area contributed by atoms with E-state index in [-0.39, 0.29) is 17.5 Å². The first-order valence-corrected chi connectivity index (χ1v) is 5.26. The Hall–Kier alpha value is -0.640. The van der Waals surface area contributed by atoms with E-state index in [1.807, 2.05) is 6.92 Å². The molecule has 0 saturated heterocycles. The lowest BCUT2D eigenvalue weighted by molar-refractivity contribution is 0.233. The Morgan fingerprint density at radius 2 is 2.27 bits per heavy atom. The molecule has 0 fully saturated rings. The molecule has 15 heavy (non-hydrogen) atoms. The predicted molar refractivity (Wildman–Crippen MR) is 59.4 cm³/mol. The summed E-state index contributed by atoms with van der Waals surface area (Å²) in [6.45, 7) is 3.39. The summed E-state index contributed by atoms with van der Waals surface area (Å²) in [4.78, 5) is 0. The average Bonchev–Trinajstić information content (AvgIpc) is 2.23. The molecule has 0 amide bonds. The van der Waals surface area contributed by atoms with Crippen molar-refractivity contribution in [1.82, 2.24) is 5.32 Å². The van der Waals surface area contributed by atoms with Crippen molar-refractivity contribution >= 4 is 11.6 Å². The summed E-state index contributed by atoms with van der Waals surface area (Å²) in [5.41, 5.74) is 0.849. The third-order valence-electron chi connectivity index (χ3n) is 2.12. The fourth-order valence-corrected chi connectivity index (χ4v) is 1.29. The van der Waals surface area contributed by atoms with Gasteiger partial charge in [-0.05, 0) is 23.6 Å². The second-order valence-electron chi connectivity index (χ2n) is 3.67. The predicted octanol–water partition coefficient (Wildman–Crippen LogP) is 2.20. The first kappa shape index (κ1) is 12.4. The minimum Gasteiger partial charge on any atom is -0.396 e. The molecule has 84 valence electrons.